The molecule has 1 amide bonds. The smallest absolute Gasteiger partial charge is 0.246 e. The molecule has 8 nitrogen and oxygen atoms in total. The minimum Gasteiger partial charge on any atom is -0.354 e. The first kappa shape index (κ1) is 27.9. The van der Waals surface area contributed by atoms with E-state index in [1.165, 1.54) is 0 Å². The van der Waals surface area contributed by atoms with Crippen molar-refractivity contribution in [3.8, 4) is 0 Å². The van der Waals surface area contributed by atoms with Crippen molar-refractivity contribution in [3.63, 3.8) is 0 Å². The SMILES string of the molecule is CCN(CC)CCCC(C)NC(=NC)NCc1cccc(NC(=O)Cn2cccn2)c1.I. The maximum Gasteiger partial charge on any atom is 0.246 e. The summed E-state index contributed by atoms with van der Waals surface area (Å²) >= 11 is 0. The summed E-state index contributed by atoms with van der Waals surface area (Å²) in [5, 5.41) is 13.8. The van der Waals surface area contributed by atoms with Crippen molar-refractivity contribution in [2.24, 2.45) is 4.99 Å². The second kappa shape index (κ2) is 15.6. The number of halogens is 1. The van der Waals surface area contributed by atoms with Gasteiger partial charge in [0, 0.05) is 37.7 Å². The Morgan fingerprint density at radius 3 is 2.69 bits per heavy atom. The van der Waals surface area contributed by atoms with Gasteiger partial charge in [-0.25, -0.2) is 0 Å². The predicted molar refractivity (Wildman–Crippen MR) is 143 cm³/mol. The molecule has 0 aliphatic rings. The molecule has 2 aromatic rings. The van der Waals surface area contributed by atoms with E-state index in [2.05, 4.69) is 51.7 Å². The summed E-state index contributed by atoms with van der Waals surface area (Å²) in [6.07, 6.45) is 5.68. The number of amides is 1. The summed E-state index contributed by atoms with van der Waals surface area (Å²) in [6, 6.07) is 9.95. The Balaban J connectivity index is 0.00000512. The lowest BCUT2D eigenvalue weighted by molar-refractivity contribution is -0.116. The molecule has 0 saturated carbocycles. The first-order valence-corrected chi connectivity index (χ1v) is 11.1. The normalized spacial score (nSPS) is 12.2. The van der Waals surface area contributed by atoms with Crippen LogP contribution in [0.3, 0.4) is 0 Å². The fraction of sp³-hybridized carbons (Fsp3) is 0.522. The summed E-state index contributed by atoms with van der Waals surface area (Å²) in [5.41, 5.74) is 1.83. The van der Waals surface area contributed by atoms with Crippen molar-refractivity contribution in [3.05, 3.63) is 48.3 Å². The molecule has 32 heavy (non-hydrogen) atoms. The lowest BCUT2D eigenvalue weighted by atomic mass is 10.1. The van der Waals surface area contributed by atoms with Gasteiger partial charge < -0.3 is 20.9 Å². The van der Waals surface area contributed by atoms with Gasteiger partial charge in [0.25, 0.3) is 0 Å². The second-order valence-corrected chi connectivity index (χ2v) is 7.59. The minimum absolute atomic E-state index is 0. The van der Waals surface area contributed by atoms with E-state index in [1.807, 2.05) is 24.3 Å². The molecule has 0 bridgehead atoms. The van der Waals surface area contributed by atoms with Gasteiger partial charge in [0.1, 0.15) is 6.54 Å². The number of aromatic nitrogens is 2. The highest BCUT2D eigenvalue weighted by Crippen LogP contribution is 2.11. The van der Waals surface area contributed by atoms with Crippen LogP contribution in [0.2, 0.25) is 0 Å². The van der Waals surface area contributed by atoms with E-state index < -0.39 is 0 Å². The Labute approximate surface area is 209 Å². The molecule has 0 saturated heterocycles. The molecule has 178 valence electrons. The summed E-state index contributed by atoms with van der Waals surface area (Å²) in [7, 11) is 1.78. The fourth-order valence-corrected chi connectivity index (χ4v) is 3.35. The van der Waals surface area contributed by atoms with E-state index in [0.717, 1.165) is 49.7 Å². The lowest BCUT2D eigenvalue weighted by Gasteiger charge is -2.21. The third kappa shape index (κ3) is 10.4. The Hall–Kier alpha value is -2.14. The minimum atomic E-state index is -0.107. The van der Waals surface area contributed by atoms with Crippen LogP contribution in [0.1, 0.15) is 39.2 Å². The molecular weight excluding hydrogens is 517 g/mol. The average molecular weight is 556 g/mol. The molecule has 0 aliphatic carbocycles. The van der Waals surface area contributed by atoms with Gasteiger partial charge in [0.15, 0.2) is 5.96 Å². The van der Waals surface area contributed by atoms with E-state index >= 15 is 0 Å². The molecule has 0 radical (unpaired) electrons. The largest absolute Gasteiger partial charge is 0.354 e. The van der Waals surface area contributed by atoms with Gasteiger partial charge in [-0.3, -0.25) is 14.5 Å². The summed E-state index contributed by atoms with van der Waals surface area (Å²) < 4.78 is 1.60. The quantitative estimate of drug-likeness (QED) is 0.213. The van der Waals surface area contributed by atoms with Crippen LogP contribution in [0.25, 0.3) is 0 Å². The number of carbonyl (C=O) groups excluding carboxylic acids is 1. The highest BCUT2D eigenvalue weighted by molar-refractivity contribution is 14.0. The maximum atomic E-state index is 12.2. The van der Waals surface area contributed by atoms with Crippen LogP contribution >= 0.6 is 24.0 Å². The van der Waals surface area contributed by atoms with Crippen molar-refractivity contribution >= 4 is 41.5 Å². The summed E-state index contributed by atoms with van der Waals surface area (Å²) in [6.45, 7) is 10.7. The third-order valence-corrected chi connectivity index (χ3v) is 5.15. The molecule has 1 heterocycles. The second-order valence-electron chi connectivity index (χ2n) is 7.59. The van der Waals surface area contributed by atoms with Gasteiger partial charge in [-0.15, -0.1) is 24.0 Å². The van der Waals surface area contributed by atoms with Gasteiger partial charge in [-0.2, -0.15) is 5.10 Å². The zero-order valence-corrected chi connectivity index (χ0v) is 22.0. The van der Waals surface area contributed by atoms with E-state index in [0.29, 0.717) is 12.6 Å². The molecule has 2 rings (SSSR count). The monoisotopic (exact) mass is 555 g/mol. The van der Waals surface area contributed by atoms with Crippen LogP contribution in [-0.2, 0) is 17.9 Å². The van der Waals surface area contributed by atoms with E-state index in [1.54, 1.807) is 30.2 Å². The standard InChI is InChI=1S/C23H37N7O.HI/c1-5-29(6-2)14-8-10-19(3)27-23(24-4)25-17-20-11-7-12-21(16-20)28-22(31)18-30-15-9-13-26-30;/h7,9,11-13,15-16,19H,5-6,8,10,14,17-18H2,1-4H3,(H,28,31)(H2,24,25,27);1H. The van der Waals surface area contributed by atoms with Crippen LogP contribution < -0.4 is 16.0 Å². The zero-order chi connectivity index (χ0) is 22.5. The number of aliphatic imine (C=N–C) groups is 1. The molecule has 0 fully saturated rings. The number of nitrogens with zero attached hydrogens (tertiary/aromatic N) is 4. The predicted octanol–water partition coefficient (Wildman–Crippen LogP) is 3.32. The number of hydrogen-bond donors (Lipinski definition) is 3. The van der Waals surface area contributed by atoms with Crippen molar-refractivity contribution in [2.45, 2.75) is 52.7 Å². The zero-order valence-electron chi connectivity index (χ0n) is 19.7. The number of hydrogen-bond acceptors (Lipinski definition) is 4. The van der Waals surface area contributed by atoms with Crippen LogP contribution in [0.5, 0.6) is 0 Å². The molecule has 1 atom stereocenters. The topological polar surface area (TPSA) is 86.6 Å². The molecule has 0 spiro atoms. The molecular formula is C23H38IN7O. The number of anilines is 1. The van der Waals surface area contributed by atoms with Gasteiger partial charge in [-0.05, 0) is 63.2 Å². The number of benzene rings is 1. The molecule has 0 aliphatic heterocycles. The van der Waals surface area contributed by atoms with Crippen molar-refractivity contribution < 1.29 is 4.79 Å². The summed E-state index contributed by atoms with van der Waals surface area (Å²) in [4.78, 5) is 19.0. The first-order chi connectivity index (χ1) is 15.0. The van der Waals surface area contributed by atoms with Crippen LogP contribution in [0, 0.1) is 0 Å². The first-order valence-electron chi connectivity index (χ1n) is 11.1. The Kier molecular flexibility index (Phi) is 13.6. The highest BCUT2D eigenvalue weighted by Gasteiger charge is 2.08. The summed E-state index contributed by atoms with van der Waals surface area (Å²) in [5.74, 6) is 0.674. The van der Waals surface area contributed by atoms with Gasteiger partial charge in [0.2, 0.25) is 5.91 Å². The van der Waals surface area contributed by atoms with E-state index in [9.17, 15) is 4.79 Å². The van der Waals surface area contributed by atoms with Crippen LogP contribution in [0.15, 0.2) is 47.7 Å². The molecule has 1 aromatic heterocycles. The number of rotatable bonds is 12. The molecule has 9 heteroatoms. The number of carbonyl (C=O) groups is 1. The Morgan fingerprint density at radius 2 is 2.03 bits per heavy atom. The van der Waals surface area contributed by atoms with Gasteiger partial charge in [-0.1, -0.05) is 26.0 Å². The molecule has 3 N–H and O–H groups in total. The van der Waals surface area contributed by atoms with Crippen LogP contribution in [-0.4, -0.2) is 59.3 Å². The van der Waals surface area contributed by atoms with Gasteiger partial charge >= 0.3 is 0 Å². The van der Waals surface area contributed by atoms with E-state index in [4.69, 9.17) is 0 Å². The lowest BCUT2D eigenvalue weighted by Crippen LogP contribution is -2.42. The Morgan fingerprint density at radius 1 is 1.25 bits per heavy atom. The molecule has 1 aromatic carbocycles. The van der Waals surface area contributed by atoms with Crippen LogP contribution in [0.4, 0.5) is 5.69 Å². The number of nitrogens with one attached hydrogen (secondary N) is 3. The third-order valence-electron chi connectivity index (χ3n) is 5.15. The average Bonchev–Trinajstić information content (AvgIpc) is 3.27. The molecule has 1 unspecified atom stereocenters. The highest BCUT2D eigenvalue weighted by atomic mass is 127. The van der Waals surface area contributed by atoms with Crippen molar-refractivity contribution in [1.29, 1.82) is 0 Å². The van der Waals surface area contributed by atoms with Crippen molar-refractivity contribution in [2.75, 3.05) is 32.0 Å². The Bertz CT molecular complexity index is 806. The van der Waals surface area contributed by atoms with Gasteiger partial charge in [0.05, 0.1) is 0 Å². The van der Waals surface area contributed by atoms with E-state index in [-0.39, 0.29) is 36.4 Å². The fourth-order valence-electron chi connectivity index (χ4n) is 3.35. The maximum absolute atomic E-state index is 12.2. The number of guanidine groups is 1. The van der Waals surface area contributed by atoms with Crippen molar-refractivity contribution in [1.82, 2.24) is 25.3 Å².